The van der Waals surface area contributed by atoms with Crippen molar-refractivity contribution in [2.45, 2.75) is 0 Å². The van der Waals surface area contributed by atoms with Gasteiger partial charge < -0.3 is 44.2 Å². The summed E-state index contributed by atoms with van der Waals surface area (Å²) in [6.07, 6.45) is 0. The van der Waals surface area contributed by atoms with Gasteiger partial charge in [-0.3, -0.25) is 0 Å². The molecule has 616 valence electrons. The highest BCUT2D eigenvalue weighted by molar-refractivity contribution is 6.18. The second kappa shape index (κ2) is 40.8. The maximum atomic E-state index is 9.10. The normalized spacial score (nSPS) is 10.7. The Hall–Kier alpha value is -16.7. The summed E-state index contributed by atoms with van der Waals surface area (Å²) < 4.78 is 16.9. The molecule has 0 aliphatic heterocycles. The molecule has 9 nitrogen and oxygen atoms in total. The summed E-state index contributed by atoms with van der Waals surface area (Å²) in [7, 11) is 1.41. The molecule has 21 rings (SSSR count). The highest BCUT2D eigenvalue weighted by Crippen LogP contribution is 2.45. The van der Waals surface area contributed by atoms with Crippen molar-refractivity contribution in [2.75, 3.05) is 20.4 Å². The van der Waals surface area contributed by atoms with Gasteiger partial charge in [0.05, 0.1) is 11.4 Å². The molecule has 0 aliphatic carbocycles. The fourth-order valence-electron chi connectivity index (χ4n) is 16.2. The standard InChI is InChI=1S/C30H23BNO2.C30H21NO.C30H23N.C28H21BNO2/c33-31-34-30-13-7-12-29(22-30)32(27-18-14-25(15-19-27)23-8-3-1-4-9-23)28-20-16-26(17-21-28)24-10-5-2-6-11-24;1-3-9-21(10-4-1)22-17-19-24(20-18-22)31-28-16-8-15-27-26-14-7-13-25(29(26)32-30(27)28)23-11-5-2-6-12-23;1-4-10-23(11-5-1)26-16-18-29(19-17-26)31-30-21-27(24-12-6-2-7-13-24)20-28(22-30)25-14-8-3-9-15-25;31-29-32-26-13-7-12-25(20-26)30(28-15-6-11-23-10-4-5-14-27(23)28)24-18-16-22(17-19-24)21-8-2-1-3-9-21/h1-22,33H;1-20,31H;1-22,31H;1-20,31H. The number of anilines is 10. The summed E-state index contributed by atoms with van der Waals surface area (Å²) in [5.41, 5.74) is 30.9. The van der Waals surface area contributed by atoms with Crippen molar-refractivity contribution in [3.63, 3.8) is 0 Å². The quantitative estimate of drug-likeness (QED) is 0.0494. The van der Waals surface area contributed by atoms with Gasteiger partial charge in [0.15, 0.2) is 5.58 Å². The maximum absolute atomic E-state index is 9.10. The van der Waals surface area contributed by atoms with Crippen LogP contribution in [0.2, 0.25) is 0 Å². The molecule has 0 saturated carbocycles. The average molecular weight is 1660 g/mol. The van der Waals surface area contributed by atoms with Crippen molar-refractivity contribution in [2.24, 2.45) is 0 Å². The van der Waals surface area contributed by atoms with Crippen LogP contribution in [-0.4, -0.2) is 25.4 Å². The first-order chi connectivity index (χ1) is 63.9. The smallest absolute Gasteiger partial charge is 0.537 e. The molecule has 0 spiro atoms. The first kappa shape index (κ1) is 83.2. The Labute approximate surface area is 754 Å². The van der Waals surface area contributed by atoms with Gasteiger partial charge in [0.1, 0.15) is 17.1 Å². The summed E-state index contributed by atoms with van der Waals surface area (Å²) in [6.45, 7) is 0. The van der Waals surface area contributed by atoms with Crippen LogP contribution in [0.3, 0.4) is 0 Å². The minimum absolute atomic E-state index is 0.562. The number of nitrogens with one attached hydrogen (secondary N) is 2. The van der Waals surface area contributed by atoms with E-state index in [0.29, 0.717) is 26.9 Å². The minimum atomic E-state index is 0.562. The zero-order valence-corrected chi connectivity index (χ0v) is 70.7. The average Bonchev–Trinajstić information content (AvgIpc) is 1.76. The number of rotatable bonds is 22. The van der Waals surface area contributed by atoms with Gasteiger partial charge in [0, 0.05) is 79.4 Å². The second-order valence-electron chi connectivity index (χ2n) is 30.8. The fourth-order valence-corrected chi connectivity index (χ4v) is 16.2. The SMILES string of the molecule is O[B]Oc1cccc(N(c2ccc(-c3ccccc3)cc2)c2ccc(-c3ccccc3)cc2)c1.O[B]Oc1cccc(N(c2ccc(-c3ccccc3)cc2)c2cccc3ccccc23)c1.c1ccc(-c2ccc(Nc3cc(-c4ccccc4)cc(-c4ccccc4)c3)cc2)cc1.c1ccc(-c2ccc(Nc3cccc4c3oc3c(-c5ccccc5)cccc34)cc2)cc1. The van der Waals surface area contributed by atoms with Gasteiger partial charge in [-0.2, -0.15) is 0 Å². The van der Waals surface area contributed by atoms with E-state index in [0.717, 1.165) is 106 Å². The third-order valence-electron chi connectivity index (χ3n) is 22.5. The largest absolute Gasteiger partial charge is 0.569 e. The van der Waals surface area contributed by atoms with Crippen LogP contribution in [0.4, 0.5) is 56.9 Å². The first-order valence-electron chi connectivity index (χ1n) is 43.0. The Bertz CT molecular complexity index is 7050. The van der Waals surface area contributed by atoms with E-state index in [1.807, 2.05) is 109 Å². The number of benzene rings is 20. The Kier molecular flexibility index (Phi) is 26.3. The Balaban J connectivity index is 0.000000116. The van der Waals surface area contributed by atoms with Gasteiger partial charge in [-0.25, -0.2) is 0 Å². The van der Waals surface area contributed by atoms with Crippen molar-refractivity contribution in [1.82, 2.24) is 0 Å². The predicted molar refractivity (Wildman–Crippen MR) is 540 cm³/mol. The lowest BCUT2D eigenvalue weighted by Gasteiger charge is -2.27. The molecule has 0 atom stereocenters. The molecule has 1 aromatic heterocycles. The van der Waals surface area contributed by atoms with E-state index in [-0.39, 0.29) is 0 Å². The Morgan fingerprint density at radius 1 is 0.209 bits per heavy atom. The molecule has 0 unspecified atom stereocenters. The molecule has 0 bridgehead atoms. The summed E-state index contributed by atoms with van der Waals surface area (Å²) >= 11 is 0. The van der Waals surface area contributed by atoms with Gasteiger partial charge in [0.25, 0.3) is 0 Å². The van der Waals surface area contributed by atoms with Gasteiger partial charge in [-0.15, -0.1) is 0 Å². The van der Waals surface area contributed by atoms with Crippen LogP contribution in [0.15, 0.2) is 514 Å². The number of hydrogen-bond acceptors (Lipinski definition) is 9. The van der Waals surface area contributed by atoms with Crippen LogP contribution in [-0.2, 0) is 0 Å². The van der Waals surface area contributed by atoms with Crippen LogP contribution in [0.5, 0.6) is 11.5 Å². The lowest BCUT2D eigenvalue weighted by atomic mass is 9.98. The molecule has 20 aromatic carbocycles. The molecular weight excluding hydrogens is 1570 g/mol. The highest BCUT2D eigenvalue weighted by Gasteiger charge is 2.20. The molecule has 21 aromatic rings. The highest BCUT2D eigenvalue weighted by atomic mass is 16.5. The topological polar surface area (TPSA) is 103 Å². The maximum Gasteiger partial charge on any atom is 0.569 e. The number of furan rings is 1. The summed E-state index contributed by atoms with van der Waals surface area (Å²) in [4.78, 5) is 4.38. The van der Waals surface area contributed by atoms with Crippen LogP contribution in [0.25, 0.3) is 122 Å². The summed E-state index contributed by atoms with van der Waals surface area (Å²) in [5.74, 6) is 1.13. The minimum Gasteiger partial charge on any atom is -0.537 e. The van der Waals surface area contributed by atoms with Crippen molar-refractivity contribution < 1.29 is 23.8 Å². The molecular formula is C118H88B2N4O5. The lowest BCUT2D eigenvalue weighted by molar-refractivity contribution is 0.453. The van der Waals surface area contributed by atoms with Crippen LogP contribution in [0.1, 0.15) is 0 Å². The van der Waals surface area contributed by atoms with Gasteiger partial charge in [-0.05, 0) is 204 Å². The van der Waals surface area contributed by atoms with E-state index in [9.17, 15) is 0 Å². The Morgan fingerprint density at radius 2 is 0.519 bits per heavy atom. The van der Waals surface area contributed by atoms with E-state index in [2.05, 4.69) is 421 Å². The molecule has 1 heterocycles. The fraction of sp³-hybridized carbons (Fsp3) is 0. The van der Waals surface area contributed by atoms with E-state index in [1.54, 1.807) is 0 Å². The molecule has 4 N–H and O–H groups in total. The van der Waals surface area contributed by atoms with Gasteiger partial charge in [-0.1, -0.05) is 382 Å². The van der Waals surface area contributed by atoms with E-state index in [1.165, 1.54) is 72.1 Å². The van der Waals surface area contributed by atoms with Crippen LogP contribution in [0, 0.1) is 0 Å². The van der Waals surface area contributed by atoms with E-state index in [4.69, 9.17) is 23.8 Å². The number of fused-ring (bicyclic) bond motifs is 4. The zero-order valence-electron chi connectivity index (χ0n) is 70.7. The number of nitrogens with zero attached hydrogens (tertiary/aromatic N) is 2. The molecule has 129 heavy (non-hydrogen) atoms. The Morgan fingerprint density at radius 3 is 0.938 bits per heavy atom. The van der Waals surface area contributed by atoms with Crippen molar-refractivity contribution >= 4 is 105 Å². The predicted octanol–water partition coefficient (Wildman–Crippen LogP) is 31.4. The third kappa shape index (κ3) is 20.2. The molecule has 0 saturated heterocycles. The first-order valence-corrected chi connectivity index (χ1v) is 43.0. The number of para-hydroxylation sites is 2. The molecule has 2 radical (unpaired) electrons. The molecule has 0 amide bonds. The van der Waals surface area contributed by atoms with Gasteiger partial charge >= 0.3 is 15.4 Å². The monoisotopic (exact) mass is 1660 g/mol. The van der Waals surface area contributed by atoms with Crippen LogP contribution < -0.4 is 29.7 Å². The van der Waals surface area contributed by atoms with Gasteiger partial charge in [0.2, 0.25) is 0 Å². The summed E-state index contributed by atoms with van der Waals surface area (Å²) in [5, 5.41) is 29.9. The third-order valence-corrected chi connectivity index (χ3v) is 22.5. The molecule has 11 heteroatoms. The zero-order chi connectivity index (χ0) is 87.1. The molecule has 0 aliphatic rings. The van der Waals surface area contributed by atoms with Crippen molar-refractivity contribution in [1.29, 1.82) is 0 Å². The van der Waals surface area contributed by atoms with Crippen LogP contribution >= 0.6 is 0 Å². The lowest BCUT2D eigenvalue weighted by Crippen LogP contribution is -2.11. The van der Waals surface area contributed by atoms with Crippen molar-refractivity contribution in [3.05, 3.63) is 510 Å². The second-order valence-corrected chi connectivity index (χ2v) is 30.8. The van der Waals surface area contributed by atoms with E-state index < -0.39 is 0 Å². The van der Waals surface area contributed by atoms with E-state index >= 15 is 0 Å². The number of hydrogen-bond donors (Lipinski definition) is 4. The molecule has 0 fully saturated rings. The van der Waals surface area contributed by atoms with Crippen molar-refractivity contribution in [3.8, 4) is 101 Å². The summed E-state index contributed by atoms with van der Waals surface area (Å²) in [6, 6.07) is 175.